The van der Waals surface area contributed by atoms with Crippen molar-refractivity contribution in [1.82, 2.24) is 10.2 Å². The molecule has 106 valence electrons. The molecule has 0 aliphatic rings. The molecule has 21 heavy (non-hydrogen) atoms. The Kier molecular flexibility index (Phi) is 3.91. The first-order valence-corrected chi connectivity index (χ1v) is 6.65. The molecule has 0 aliphatic carbocycles. The van der Waals surface area contributed by atoms with E-state index in [1.807, 2.05) is 30.3 Å². The van der Waals surface area contributed by atoms with Gasteiger partial charge >= 0.3 is 0 Å². The molecule has 0 saturated heterocycles. The predicted octanol–water partition coefficient (Wildman–Crippen LogP) is 3.41. The van der Waals surface area contributed by atoms with E-state index in [2.05, 4.69) is 15.5 Å². The third-order valence-electron chi connectivity index (χ3n) is 3.01. The zero-order valence-electron chi connectivity index (χ0n) is 11.3. The van der Waals surface area contributed by atoms with Gasteiger partial charge in [-0.2, -0.15) is 0 Å². The van der Waals surface area contributed by atoms with Crippen molar-refractivity contribution >= 4 is 5.69 Å². The molecule has 2 aromatic carbocycles. The molecule has 0 unspecified atom stereocenters. The highest BCUT2D eigenvalue weighted by atomic mass is 19.1. The van der Waals surface area contributed by atoms with Crippen LogP contribution in [0.15, 0.2) is 59.0 Å². The average molecular weight is 283 g/mol. The zero-order valence-corrected chi connectivity index (χ0v) is 11.3. The molecule has 3 rings (SSSR count). The summed E-state index contributed by atoms with van der Waals surface area (Å²) in [4.78, 5) is 0. The lowest BCUT2D eigenvalue weighted by molar-refractivity contribution is 0.463. The number of halogens is 1. The zero-order chi connectivity index (χ0) is 14.5. The van der Waals surface area contributed by atoms with E-state index in [0.29, 0.717) is 30.4 Å². The molecule has 3 aromatic rings. The Labute approximate surface area is 121 Å². The number of hydrogen-bond acceptors (Lipinski definition) is 4. The van der Waals surface area contributed by atoms with Gasteiger partial charge < -0.3 is 9.73 Å². The maximum Gasteiger partial charge on any atom is 0.235 e. The van der Waals surface area contributed by atoms with E-state index < -0.39 is 0 Å². The van der Waals surface area contributed by atoms with Crippen LogP contribution in [-0.2, 0) is 13.0 Å². The highest BCUT2D eigenvalue weighted by Gasteiger charge is 2.07. The summed E-state index contributed by atoms with van der Waals surface area (Å²) in [6, 6.07) is 16.4. The molecule has 1 heterocycles. The van der Waals surface area contributed by atoms with E-state index >= 15 is 0 Å². The molecule has 4 nitrogen and oxygen atoms in total. The highest BCUT2D eigenvalue weighted by Crippen LogP contribution is 2.14. The first-order chi connectivity index (χ1) is 10.3. The molecular formula is C16H14FN3O. The predicted molar refractivity (Wildman–Crippen MR) is 77.3 cm³/mol. The average Bonchev–Trinajstić information content (AvgIpc) is 2.95. The molecule has 0 fully saturated rings. The maximum absolute atomic E-state index is 13.5. The summed E-state index contributed by atoms with van der Waals surface area (Å²) in [5, 5.41) is 10.9. The summed E-state index contributed by atoms with van der Waals surface area (Å²) in [5.74, 6) is 0.678. The molecule has 0 atom stereocenters. The number of benzene rings is 2. The van der Waals surface area contributed by atoms with E-state index in [1.165, 1.54) is 6.07 Å². The Hall–Kier alpha value is -2.69. The summed E-state index contributed by atoms with van der Waals surface area (Å²) >= 11 is 0. The quantitative estimate of drug-likeness (QED) is 0.779. The van der Waals surface area contributed by atoms with Gasteiger partial charge in [0.05, 0.1) is 18.7 Å². The number of anilines is 1. The highest BCUT2D eigenvalue weighted by molar-refractivity contribution is 5.44. The van der Waals surface area contributed by atoms with Crippen molar-refractivity contribution < 1.29 is 8.81 Å². The molecule has 0 amide bonds. The van der Waals surface area contributed by atoms with Gasteiger partial charge in [-0.15, -0.1) is 10.2 Å². The third kappa shape index (κ3) is 3.45. The lowest BCUT2D eigenvalue weighted by atomic mass is 10.2. The van der Waals surface area contributed by atoms with E-state index in [0.717, 1.165) is 5.56 Å². The van der Waals surface area contributed by atoms with Crippen LogP contribution in [0.3, 0.4) is 0 Å². The van der Waals surface area contributed by atoms with Gasteiger partial charge in [0.1, 0.15) is 5.82 Å². The van der Waals surface area contributed by atoms with Crippen LogP contribution in [0.25, 0.3) is 0 Å². The van der Waals surface area contributed by atoms with Crippen LogP contribution in [0.5, 0.6) is 0 Å². The van der Waals surface area contributed by atoms with Crippen LogP contribution >= 0.6 is 0 Å². The van der Waals surface area contributed by atoms with Crippen molar-refractivity contribution in [3.8, 4) is 0 Å². The van der Waals surface area contributed by atoms with Gasteiger partial charge in [0.15, 0.2) is 0 Å². The molecule has 0 radical (unpaired) electrons. The molecule has 5 heteroatoms. The Balaban J connectivity index is 1.62. The van der Waals surface area contributed by atoms with Crippen LogP contribution < -0.4 is 5.32 Å². The first-order valence-electron chi connectivity index (χ1n) is 6.65. The van der Waals surface area contributed by atoms with Crippen LogP contribution in [0.1, 0.15) is 17.3 Å². The van der Waals surface area contributed by atoms with E-state index in [1.54, 1.807) is 18.2 Å². The Morgan fingerprint density at radius 1 is 0.905 bits per heavy atom. The number of nitrogens with zero attached hydrogens (tertiary/aromatic N) is 2. The van der Waals surface area contributed by atoms with Gasteiger partial charge in [-0.3, -0.25) is 0 Å². The molecule has 0 spiro atoms. The van der Waals surface area contributed by atoms with Crippen molar-refractivity contribution in [3.05, 3.63) is 77.8 Å². The minimum absolute atomic E-state index is 0.294. The second-order valence-corrected chi connectivity index (χ2v) is 4.59. The Bertz CT molecular complexity index is 712. The molecule has 0 saturated carbocycles. The Morgan fingerprint density at radius 2 is 1.62 bits per heavy atom. The molecular weight excluding hydrogens is 269 g/mol. The summed E-state index contributed by atoms with van der Waals surface area (Å²) in [6.07, 6.45) is 0.591. The molecule has 0 bridgehead atoms. The summed E-state index contributed by atoms with van der Waals surface area (Å²) in [6.45, 7) is 0.294. The largest absolute Gasteiger partial charge is 0.423 e. The summed E-state index contributed by atoms with van der Waals surface area (Å²) < 4.78 is 19.0. The van der Waals surface area contributed by atoms with Gasteiger partial charge in [0, 0.05) is 0 Å². The van der Waals surface area contributed by atoms with Crippen LogP contribution in [0.4, 0.5) is 10.1 Å². The maximum atomic E-state index is 13.5. The normalized spacial score (nSPS) is 10.5. The van der Waals surface area contributed by atoms with Crippen LogP contribution in [-0.4, -0.2) is 10.2 Å². The summed E-state index contributed by atoms with van der Waals surface area (Å²) in [5.41, 5.74) is 1.52. The minimum Gasteiger partial charge on any atom is -0.423 e. The second kappa shape index (κ2) is 6.17. The lowest BCUT2D eigenvalue weighted by Gasteiger charge is -2.03. The smallest absolute Gasteiger partial charge is 0.235 e. The molecule has 1 N–H and O–H groups in total. The van der Waals surface area contributed by atoms with Crippen molar-refractivity contribution in [2.45, 2.75) is 13.0 Å². The first kappa shape index (κ1) is 13.3. The van der Waals surface area contributed by atoms with E-state index in [-0.39, 0.29) is 5.82 Å². The van der Waals surface area contributed by atoms with Gasteiger partial charge in [0.2, 0.25) is 11.8 Å². The Morgan fingerprint density at radius 3 is 2.43 bits per heavy atom. The van der Waals surface area contributed by atoms with Gasteiger partial charge in [-0.25, -0.2) is 4.39 Å². The monoisotopic (exact) mass is 283 g/mol. The van der Waals surface area contributed by atoms with Gasteiger partial charge in [0.25, 0.3) is 0 Å². The topological polar surface area (TPSA) is 51.0 Å². The third-order valence-corrected chi connectivity index (χ3v) is 3.01. The van der Waals surface area contributed by atoms with Crippen LogP contribution in [0, 0.1) is 5.82 Å². The molecule has 1 aromatic heterocycles. The van der Waals surface area contributed by atoms with Crippen molar-refractivity contribution in [2.75, 3.05) is 5.32 Å². The standard InChI is InChI=1S/C16H14FN3O/c17-13-8-4-5-9-14(13)18-11-16-20-19-15(21-16)10-12-6-2-1-3-7-12/h1-9,18H,10-11H2. The SMILES string of the molecule is Fc1ccccc1NCc1nnc(Cc2ccccc2)o1. The van der Waals surface area contributed by atoms with E-state index in [4.69, 9.17) is 4.42 Å². The lowest BCUT2D eigenvalue weighted by Crippen LogP contribution is -2.01. The number of nitrogens with one attached hydrogen (secondary N) is 1. The van der Waals surface area contributed by atoms with Crippen molar-refractivity contribution in [1.29, 1.82) is 0 Å². The van der Waals surface area contributed by atoms with Crippen molar-refractivity contribution in [2.24, 2.45) is 0 Å². The fraction of sp³-hybridized carbons (Fsp3) is 0.125. The number of rotatable bonds is 5. The van der Waals surface area contributed by atoms with Crippen molar-refractivity contribution in [3.63, 3.8) is 0 Å². The second-order valence-electron chi connectivity index (χ2n) is 4.59. The fourth-order valence-corrected chi connectivity index (χ4v) is 1.98. The van der Waals surface area contributed by atoms with Gasteiger partial charge in [-0.05, 0) is 17.7 Å². The number of aromatic nitrogens is 2. The van der Waals surface area contributed by atoms with E-state index in [9.17, 15) is 4.39 Å². The van der Waals surface area contributed by atoms with Crippen LogP contribution in [0.2, 0.25) is 0 Å². The summed E-state index contributed by atoms with van der Waals surface area (Å²) in [7, 11) is 0. The minimum atomic E-state index is -0.304. The van der Waals surface area contributed by atoms with Gasteiger partial charge in [-0.1, -0.05) is 42.5 Å². The molecule has 0 aliphatic heterocycles. The number of para-hydroxylation sites is 1. The number of hydrogen-bond donors (Lipinski definition) is 1. The fourth-order valence-electron chi connectivity index (χ4n) is 1.98.